The van der Waals surface area contributed by atoms with Crippen molar-refractivity contribution in [1.29, 1.82) is 0 Å². The number of benzene rings is 2. The summed E-state index contributed by atoms with van der Waals surface area (Å²) in [5.74, 6) is 1.47. The molecule has 0 saturated carbocycles. The van der Waals surface area contributed by atoms with Crippen LogP contribution in [0.15, 0.2) is 86.1 Å². The van der Waals surface area contributed by atoms with Crippen LogP contribution in [0.25, 0.3) is 17.4 Å². The standard InChI is InChI=1S/C27H21N3O6S/c1-15-24(16(2)31)25(18-6-10-20(35-3)11-7-18)29-26(32)23(37-27(29)28-15)14-21-12-13-22(36-21)17-4-8-19(9-5-17)30(33)34/h4-14,25H,1-3H3/b23-14+/t25-/m0/s1. The van der Waals surface area contributed by atoms with E-state index in [1.165, 1.54) is 30.4 Å². The van der Waals surface area contributed by atoms with E-state index in [9.17, 15) is 19.7 Å². The average molecular weight is 516 g/mol. The van der Waals surface area contributed by atoms with Crippen LogP contribution in [-0.2, 0) is 4.79 Å². The van der Waals surface area contributed by atoms with Crippen molar-refractivity contribution in [2.24, 2.45) is 4.99 Å². The van der Waals surface area contributed by atoms with Crippen molar-refractivity contribution in [3.05, 3.63) is 113 Å². The predicted octanol–water partition coefficient (Wildman–Crippen LogP) is 4.00. The van der Waals surface area contributed by atoms with Crippen LogP contribution in [0.3, 0.4) is 0 Å². The summed E-state index contributed by atoms with van der Waals surface area (Å²) in [5.41, 5.74) is 2.17. The maximum atomic E-state index is 13.6. The Balaban J connectivity index is 1.59. The maximum absolute atomic E-state index is 13.6. The minimum absolute atomic E-state index is 0.0109. The van der Waals surface area contributed by atoms with E-state index in [0.717, 1.165) is 5.56 Å². The molecule has 37 heavy (non-hydrogen) atoms. The highest BCUT2D eigenvalue weighted by molar-refractivity contribution is 7.07. The molecule has 0 N–H and O–H groups in total. The Bertz CT molecular complexity index is 1740. The molecule has 0 bridgehead atoms. The zero-order valence-corrected chi connectivity index (χ0v) is 20.9. The van der Waals surface area contributed by atoms with Gasteiger partial charge < -0.3 is 9.15 Å². The van der Waals surface area contributed by atoms with E-state index in [0.29, 0.717) is 43.4 Å². The van der Waals surface area contributed by atoms with Crippen LogP contribution >= 0.6 is 11.3 Å². The van der Waals surface area contributed by atoms with Crippen molar-refractivity contribution in [3.63, 3.8) is 0 Å². The summed E-state index contributed by atoms with van der Waals surface area (Å²) in [6, 6.07) is 16.1. The number of carbonyl (C=O) groups excluding carboxylic acids is 1. The largest absolute Gasteiger partial charge is 0.497 e. The van der Waals surface area contributed by atoms with E-state index in [-0.39, 0.29) is 17.0 Å². The van der Waals surface area contributed by atoms with E-state index in [1.807, 2.05) is 12.1 Å². The lowest BCUT2D eigenvalue weighted by molar-refractivity contribution is -0.384. The first-order valence-corrected chi connectivity index (χ1v) is 12.1. The molecular formula is C27H21N3O6S. The minimum atomic E-state index is -0.617. The quantitative estimate of drug-likeness (QED) is 0.283. The third-order valence-electron chi connectivity index (χ3n) is 6.10. The summed E-state index contributed by atoms with van der Waals surface area (Å²) in [6.45, 7) is 3.25. The molecular weight excluding hydrogens is 494 g/mol. The molecule has 186 valence electrons. The number of fused-ring (bicyclic) bond motifs is 1. The molecule has 1 aliphatic heterocycles. The average Bonchev–Trinajstić information content (AvgIpc) is 3.47. The van der Waals surface area contributed by atoms with Gasteiger partial charge in [0, 0.05) is 35.0 Å². The molecule has 0 unspecified atom stereocenters. The molecule has 1 atom stereocenters. The number of thiazole rings is 1. The molecule has 10 heteroatoms. The van der Waals surface area contributed by atoms with Gasteiger partial charge in [0.1, 0.15) is 17.3 Å². The molecule has 9 nitrogen and oxygen atoms in total. The number of ketones is 1. The monoisotopic (exact) mass is 515 g/mol. The van der Waals surface area contributed by atoms with Crippen molar-refractivity contribution < 1.29 is 18.9 Å². The van der Waals surface area contributed by atoms with Crippen molar-refractivity contribution in [3.8, 4) is 17.1 Å². The summed E-state index contributed by atoms with van der Waals surface area (Å²) >= 11 is 1.21. The van der Waals surface area contributed by atoms with Gasteiger partial charge in [-0.1, -0.05) is 23.5 Å². The van der Waals surface area contributed by atoms with E-state index in [4.69, 9.17) is 9.15 Å². The van der Waals surface area contributed by atoms with Gasteiger partial charge >= 0.3 is 0 Å². The van der Waals surface area contributed by atoms with Crippen LogP contribution in [0.2, 0.25) is 0 Å². The highest BCUT2D eigenvalue weighted by Gasteiger charge is 2.30. The zero-order chi connectivity index (χ0) is 26.3. The number of non-ortho nitro benzene ring substituents is 1. The highest BCUT2D eigenvalue weighted by Crippen LogP contribution is 2.31. The lowest BCUT2D eigenvalue weighted by Crippen LogP contribution is -2.39. The Kier molecular flexibility index (Phi) is 6.18. The number of ether oxygens (including phenoxy) is 1. The lowest BCUT2D eigenvalue weighted by atomic mass is 9.93. The van der Waals surface area contributed by atoms with Crippen LogP contribution < -0.4 is 19.6 Å². The first-order chi connectivity index (χ1) is 17.8. The van der Waals surface area contributed by atoms with Gasteiger partial charge in [0.05, 0.1) is 22.6 Å². The number of Topliss-reactive ketones (excluding diaryl/α,β-unsaturated/α-hetero) is 1. The second-order valence-corrected chi connectivity index (χ2v) is 9.43. The minimum Gasteiger partial charge on any atom is -0.497 e. The molecule has 0 spiro atoms. The number of allylic oxidation sites excluding steroid dienone is 2. The second kappa shape index (κ2) is 9.47. The molecule has 0 amide bonds. The van der Waals surface area contributed by atoms with Gasteiger partial charge in [-0.05, 0) is 55.8 Å². The van der Waals surface area contributed by atoms with Gasteiger partial charge in [0.15, 0.2) is 10.6 Å². The third kappa shape index (κ3) is 4.43. The number of rotatable bonds is 6. The van der Waals surface area contributed by atoms with E-state index >= 15 is 0 Å². The molecule has 4 aromatic rings. The Labute approximate surface area is 214 Å². The molecule has 1 aliphatic rings. The van der Waals surface area contributed by atoms with Gasteiger partial charge in [-0.2, -0.15) is 0 Å². The van der Waals surface area contributed by atoms with Gasteiger partial charge in [0.25, 0.3) is 11.2 Å². The summed E-state index contributed by atoms with van der Waals surface area (Å²) < 4.78 is 13.1. The predicted molar refractivity (Wildman–Crippen MR) is 138 cm³/mol. The van der Waals surface area contributed by atoms with E-state index in [2.05, 4.69) is 4.99 Å². The Morgan fingerprint density at radius 2 is 1.84 bits per heavy atom. The first-order valence-electron chi connectivity index (χ1n) is 11.3. The van der Waals surface area contributed by atoms with Crippen LogP contribution in [0.1, 0.15) is 31.2 Å². The number of aromatic nitrogens is 1. The summed E-state index contributed by atoms with van der Waals surface area (Å²) in [7, 11) is 1.57. The number of hydrogen-bond acceptors (Lipinski definition) is 8. The van der Waals surface area contributed by atoms with Crippen molar-refractivity contribution in [1.82, 2.24) is 4.57 Å². The molecule has 2 aromatic heterocycles. The van der Waals surface area contributed by atoms with Gasteiger partial charge in [-0.15, -0.1) is 0 Å². The van der Waals surface area contributed by atoms with Crippen molar-refractivity contribution >= 4 is 28.9 Å². The van der Waals surface area contributed by atoms with Crippen LogP contribution in [0.5, 0.6) is 5.75 Å². The summed E-state index contributed by atoms with van der Waals surface area (Å²) in [5, 5.41) is 10.9. The highest BCUT2D eigenvalue weighted by atomic mass is 32.1. The number of nitrogens with zero attached hydrogens (tertiary/aromatic N) is 3. The molecule has 0 radical (unpaired) electrons. The molecule has 0 aliphatic carbocycles. The Hall–Kier alpha value is -4.57. The van der Waals surface area contributed by atoms with Gasteiger partial charge in [0.2, 0.25) is 0 Å². The fourth-order valence-corrected chi connectivity index (χ4v) is 5.36. The van der Waals surface area contributed by atoms with E-state index < -0.39 is 11.0 Å². The first kappa shape index (κ1) is 24.1. The molecule has 0 fully saturated rings. The maximum Gasteiger partial charge on any atom is 0.271 e. The molecule has 0 saturated heterocycles. The topological polar surface area (TPSA) is 117 Å². The lowest BCUT2D eigenvalue weighted by Gasteiger charge is -2.24. The summed E-state index contributed by atoms with van der Waals surface area (Å²) in [4.78, 5) is 41.7. The van der Waals surface area contributed by atoms with Crippen molar-refractivity contribution in [2.75, 3.05) is 7.11 Å². The number of nitro benzene ring substituents is 1. The van der Waals surface area contributed by atoms with Gasteiger partial charge in [-0.3, -0.25) is 24.3 Å². The number of furan rings is 1. The zero-order valence-electron chi connectivity index (χ0n) is 20.1. The number of nitro groups is 1. The van der Waals surface area contributed by atoms with Crippen LogP contribution in [0, 0.1) is 10.1 Å². The summed E-state index contributed by atoms with van der Waals surface area (Å²) in [6.07, 6.45) is 1.64. The number of methoxy groups -OCH3 is 1. The fourth-order valence-electron chi connectivity index (χ4n) is 4.33. The fraction of sp³-hybridized carbons (Fsp3) is 0.148. The SMILES string of the molecule is COc1ccc([C@H]2C(C(C)=O)=C(C)N=c3s/c(=C/c4ccc(-c5ccc([N+](=O)[O-])cc5)o4)c(=O)n32)cc1. The molecule has 3 heterocycles. The smallest absolute Gasteiger partial charge is 0.271 e. The van der Waals surface area contributed by atoms with Crippen LogP contribution in [-0.4, -0.2) is 22.4 Å². The normalized spacial score (nSPS) is 15.3. The second-order valence-electron chi connectivity index (χ2n) is 8.42. The Morgan fingerprint density at radius 1 is 1.14 bits per heavy atom. The van der Waals surface area contributed by atoms with Gasteiger partial charge in [-0.25, -0.2) is 4.99 Å². The van der Waals surface area contributed by atoms with Crippen molar-refractivity contribution in [2.45, 2.75) is 19.9 Å². The number of carbonyl (C=O) groups is 1. The molecule has 2 aromatic carbocycles. The van der Waals surface area contributed by atoms with E-state index in [1.54, 1.807) is 61.1 Å². The third-order valence-corrected chi connectivity index (χ3v) is 7.08. The Morgan fingerprint density at radius 3 is 2.46 bits per heavy atom. The molecule has 5 rings (SSSR count). The number of hydrogen-bond donors (Lipinski definition) is 0. The van der Waals surface area contributed by atoms with Crippen LogP contribution in [0.4, 0.5) is 5.69 Å².